The van der Waals surface area contributed by atoms with E-state index >= 15 is 0 Å². The third kappa shape index (κ3) is 5.01. The van der Waals surface area contributed by atoms with Gasteiger partial charge in [-0.1, -0.05) is 63.7 Å². The number of anilines is 2. The minimum absolute atomic E-state index is 0.0402. The Balaban J connectivity index is 1.70. The lowest BCUT2D eigenvalue weighted by Gasteiger charge is -2.29. The Morgan fingerprint density at radius 1 is 1.00 bits per heavy atom. The van der Waals surface area contributed by atoms with Crippen LogP contribution in [0, 0.1) is 0 Å². The second-order valence-electron chi connectivity index (χ2n) is 9.63. The van der Waals surface area contributed by atoms with E-state index in [1.165, 1.54) is 17.7 Å². The Morgan fingerprint density at radius 2 is 1.76 bits per heavy atom. The van der Waals surface area contributed by atoms with Gasteiger partial charge in [-0.25, -0.2) is 13.8 Å². The van der Waals surface area contributed by atoms with Crippen LogP contribution in [0.1, 0.15) is 45.2 Å². The first-order valence-corrected chi connectivity index (χ1v) is 11.4. The molecule has 2 heterocycles. The van der Waals surface area contributed by atoms with E-state index in [0.29, 0.717) is 35.1 Å². The summed E-state index contributed by atoms with van der Waals surface area (Å²) in [4.78, 5) is 11.4. The quantitative estimate of drug-likeness (QED) is 0.425. The van der Waals surface area contributed by atoms with Crippen LogP contribution in [0.4, 0.5) is 26.0 Å². The molecule has 6 heteroatoms. The van der Waals surface area contributed by atoms with Crippen LogP contribution >= 0.6 is 0 Å². The molecule has 4 nitrogen and oxygen atoms in total. The van der Waals surface area contributed by atoms with Crippen molar-refractivity contribution in [2.45, 2.75) is 45.5 Å². The number of hydrogen-bond donors (Lipinski definition) is 1. The maximum absolute atomic E-state index is 13.9. The lowest BCUT2D eigenvalue weighted by atomic mass is 9.86. The van der Waals surface area contributed by atoms with Crippen LogP contribution in [0.25, 0.3) is 11.3 Å². The number of aliphatic imine (C=N–C) groups is 1. The molecule has 0 bridgehead atoms. The third-order valence-electron chi connectivity index (χ3n) is 5.83. The average Bonchev–Trinajstić information content (AvgIpc) is 3.00. The molecule has 1 N–H and O–H groups in total. The molecular formula is C28H30F2N4. The normalized spacial score (nSPS) is 13.9. The van der Waals surface area contributed by atoms with Gasteiger partial charge in [0.15, 0.2) is 5.82 Å². The predicted octanol–water partition coefficient (Wildman–Crippen LogP) is 7.65. The Kier molecular flexibility index (Phi) is 6.26. The van der Waals surface area contributed by atoms with Crippen molar-refractivity contribution in [2.75, 3.05) is 16.8 Å². The molecule has 4 rings (SSSR count). The number of aromatic nitrogens is 1. The summed E-state index contributed by atoms with van der Waals surface area (Å²) < 4.78 is 27.8. The molecule has 0 saturated carbocycles. The molecule has 0 aliphatic carbocycles. The van der Waals surface area contributed by atoms with E-state index < -0.39 is 5.92 Å². The molecule has 0 atom stereocenters. The largest absolute Gasteiger partial charge is 0.342 e. The molecule has 0 saturated heterocycles. The van der Waals surface area contributed by atoms with E-state index in [1.54, 1.807) is 12.1 Å². The Hall–Kier alpha value is -3.54. The molecule has 1 aliphatic rings. The standard InChI is InChI=1S/C28H30F2N4/c1-19(32-24-13-7-6-12-22(24)27(2,3)4)34-17-9-16-31-25-15-14-23(33-26(25)34)20-10-8-11-21(18-20)28(5,29)30/h6-8,10-16,18,32H,1,9,17H2,2-5H3. The summed E-state index contributed by atoms with van der Waals surface area (Å²) in [5, 5.41) is 3.48. The molecule has 0 radical (unpaired) electrons. The highest BCUT2D eigenvalue weighted by molar-refractivity contribution is 5.78. The number of rotatable bonds is 5. The second kappa shape index (κ2) is 9.01. The highest BCUT2D eigenvalue weighted by Gasteiger charge is 2.25. The Bertz CT molecular complexity index is 1240. The molecule has 0 unspecified atom stereocenters. The second-order valence-corrected chi connectivity index (χ2v) is 9.63. The fourth-order valence-corrected chi connectivity index (χ4v) is 4.04. The van der Waals surface area contributed by atoms with E-state index in [2.05, 4.69) is 43.7 Å². The predicted molar refractivity (Wildman–Crippen MR) is 137 cm³/mol. The van der Waals surface area contributed by atoms with Crippen molar-refractivity contribution in [2.24, 2.45) is 4.99 Å². The fourth-order valence-electron chi connectivity index (χ4n) is 4.04. The number of nitrogens with zero attached hydrogens (tertiary/aromatic N) is 3. The summed E-state index contributed by atoms with van der Waals surface area (Å²) >= 11 is 0. The topological polar surface area (TPSA) is 40.5 Å². The highest BCUT2D eigenvalue weighted by atomic mass is 19.3. The van der Waals surface area contributed by atoms with E-state index in [-0.39, 0.29) is 11.0 Å². The number of pyridine rings is 1. The minimum Gasteiger partial charge on any atom is -0.342 e. The van der Waals surface area contributed by atoms with Crippen molar-refractivity contribution < 1.29 is 8.78 Å². The number of hydrogen-bond acceptors (Lipinski definition) is 4. The van der Waals surface area contributed by atoms with Crippen molar-refractivity contribution in [3.05, 3.63) is 84.2 Å². The van der Waals surface area contributed by atoms with Crippen molar-refractivity contribution in [1.82, 2.24) is 4.98 Å². The third-order valence-corrected chi connectivity index (χ3v) is 5.83. The molecule has 176 valence electrons. The maximum Gasteiger partial charge on any atom is 0.270 e. The zero-order valence-corrected chi connectivity index (χ0v) is 20.1. The van der Waals surface area contributed by atoms with Gasteiger partial charge in [0.25, 0.3) is 5.92 Å². The van der Waals surface area contributed by atoms with Crippen LogP contribution in [-0.2, 0) is 11.3 Å². The molecule has 2 aromatic carbocycles. The summed E-state index contributed by atoms with van der Waals surface area (Å²) in [6.07, 6.45) is 2.60. The monoisotopic (exact) mass is 460 g/mol. The van der Waals surface area contributed by atoms with Crippen LogP contribution < -0.4 is 10.2 Å². The zero-order valence-electron chi connectivity index (χ0n) is 20.1. The average molecular weight is 461 g/mol. The van der Waals surface area contributed by atoms with Gasteiger partial charge in [-0.05, 0) is 35.2 Å². The highest BCUT2D eigenvalue weighted by Crippen LogP contribution is 2.36. The van der Waals surface area contributed by atoms with Gasteiger partial charge in [-0.3, -0.25) is 4.99 Å². The van der Waals surface area contributed by atoms with Gasteiger partial charge in [0, 0.05) is 42.9 Å². The van der Waals surface area contributed by atoms with Gasteiger partial charge in [0.2, 0.25) is 0 Å². The number of halogens is 2. The van der Waals surface area contributed by atoms with Gasteiger partial charge in [-0.15, -0.1) is 0 Å². The SMILES string of the molecule is C=C(Nc1ccccc1C(C)(C)C)N1CCC=Nc2ccc(-c3cccc(C(C)(F)F)c3)nc21. The van der Waals surface area contributed by atoms with Crippen molar-refractivity contribution in [1.29, 1.82) is 0 Å². The molecule has 0 fully saturated rings. The van der Waals surface area contributed by atoms with Gasteiger partial charge in [0.1, 0.15) is 11.5 Å². The number of para-hydroxylation sites is 1. The van der Waals surface area contributed by atoms with Gasteiger partial charge >= 0.3 is 0 Å². The Labute approximate surface area is 200 Å². The fraction of sp³-hybridized carbons (Fsp3) is 0.286. The summed E-state index contributed by atoms with van der Waals surface area (Å²) in [6, 6.07) is 18.2. The summed E-state index contributed by atoms with van der Waals surface area (Å²) in [5.41, 5.74) is 4.04. The zero-order chi connectivity index (χ0) is 24.5. The first-order valence-electron chi connectivity index (χ1n) is 11.4. The van der Waals surface area contributed by atoms with Crippen LogP contribution in [0.5, 0.6) is 0 Å². The van der Waals surface area contributed by atoms with E-state index in [4.69, 9.17) is 4.98 Å². The van der Waals surface area contributed by atoms with Gasteiger partial charge in [-0.2, -0.15) is 0 Å². The summed E-state index contributed by atoms with van der Waals surface area (Å²) in [6.45, 7) is 12.4. The van der Waals surface area contributed by atoms with Crippen molar-refractivity contribution in [3.8, 4) is 11.3 Å². The molecule has 34 heavy (non-hydrogen) atoms. The van der Waals surface area contributed by atoms with E-state index in [0.717, 1.165) is 19.0 Å². The summed E-state index contributed by atoms with van der Waals surface area (Å²) in [5.74, 6) is -1.59. The maximum atomic E-state index is 13.9. The van der Waals surface area contributed by atoms with E-state index in [9.17, 15) is 8.78 Å². The number of benzene rings is 2. The molecule has 1 aromatic heterocycles. The summed E-state index contributed by atoms with van der Waals surface area (Å²) in [7, 11) is 0. The van der Waals surface area contributed by atoms with Gasteiger partial charge < -0.3 is 10.2 Å². The van der Waals surface area contributed by atoms with Crippen molar-refractivity contribution >= 4 is 23.4 Å². The Morgan fingerprint density at radius 3 is 2.50 bits per heavy atom. The number of alkyl halides is 2. The van der Waals surface area contributed by atoms with Crippen LogP contribution in [0.3, 0.4) is 0 Å². The minimum atomic E-state index is -2.92. The molecular weight excluding hydrogens is 430 g/mol. The van der Waals surface area contributed by atoms with Gasteiger partial charge in [0.05, 0.1) is 5.69 Å². The number of nitrogens with one attached hydrogen (secondary N) is 1. The van der Waals surface area contributed by atoms with Crippen LogP contribution in [0.2, 0.25) is 0 Å². The molecule has 1 aliphatic heterocycles. The molecule has 0 spiro atoms. The lowest BCUT2D eigenvalue weighted by molar-refractivity contribution is 0.0175. The molecule has 3 aromatic rings. The smallest absolute Gasteiger partial charge is 0.270 e. The van der Waals surface area contributed by atoms with Crippen molar-refractivity contribution in [3.63, 3.8) is 0 Å². The first kappa shape index (κ1) is 23.6. The lowest BCUT2D eigenvalue weighted by Crippen LogP contribution is -2.29. The number of fused-ring (bicyclic) bond motifs is 1. The first-order chi connectivity index (χ1) is 16.0. The molecule has 0 amide bonds. The van der Waals surface area contributed by atoms with Crippen LogP contribution in [-0.4, -0.2) is 17.7 Å². The van der Waals surface area contributed by atoms with Crippen LogP contribution in [0.15, 0.2) is 78.1 Å². The van der Waals surface area contributed by atoms with E-state index in [1.807, 2.05) is 41.4 Å².